The number of likely N-dealkylation sites (tertiary alicyclic amines) is 1. The third-order valence-electron chi connectivity index (χ3n) is 4.10. The van der Waals surface area contributed by atoms with E-state index in [4.69, 9.17) is 0 Å². The first kappa shape index (κ1) is 16.0. The van der Waals surface area contributed by atoms with Gasteiger partial charge in [-0.15, -0.1) is 11.3 Å². The summed E-state index contributed by atoms with van der Waals surface area (Å²) in [4.78, 5) is 21.8. The SMILES string of the molecule is O=C(c1ccc2ncsc2c1)N1CC[C@@H](c2noc(C(F)(F)F)n2)C1. The van der Waals surface area contributed by atoms with Crippen LogP contribution in [0.15, 0.2) is 28.2 Å². The Morgan fingerprint density at radius 1 is 1.36 bits per heavy atom. The standard InChI is InChI=1S/C15H11F3N4O2S/c16-15(17,18)14-20-12(21-24-14)9-3-4-22(6-9)13(23)8-1-2-10-11(5-8)25-7-19-10/h1-2,5,7,9H,3-4,6H2/t9-/m1/s1. The van der Waals surface area contributed by atoms with Crippen LogP contribution in [0.5, 0.6) is 0 Å². The van der Waals surface area contributed by atoms with Crippen LogP contribution in [-0.4, -0.2) is 39.0 Å². The highest BCUT2D eigenvalue weighted by Gasteiger charge is 2.40. The molecule has 1 aliphatic heterocycles. The molecule has 0 spiro atoms. The molecule has 0 N–H and O–H groups in total. The van der Waals surface area contributed by atoms with Crippen LogP contribution in [0.4, 0.5) is 13.2 Å². The molecule has 1 saturated heterocycles. The number of nitrogens with zero attached hydrogens (tertiary/aromatic N) is 4. The third kappa shape index (κ3) is 2.97. The van der Waals surface area contributed by atoms with Gasteiger partial charge < -0.3 is 9.42 Å². The lowest BCUT2D eigenvalue weighted by atomic mass is 10.1. The topological polar surface area (TPSA) is 72.1 Å². The Bertz CT molecular complexity index is 936. The van der Waals surface area contributed by atoms with Gasteiger partial charge in [-0.2, -0.15) is 18.2 Å². The zero-order valence-corrected chi connectivity index (χ0v) is 13.5. The lowest BCUT2D eigenvalue weighted by Gasteiger charge is -2.15. The van der Waals surface area contributed by atoms with E-state index < -0.39 is 12.1 Å². The van der Waals surface area contributed by atoms with Crippen LogP contribution >= 0.6 is 11.3 Å². The minimum absolute atomic E-state index is 0.0134. The zero-order chi connectivity index (χ0) is 17.6. The molecule has 130 valence electrons. The van der Waals surface area contributed by atoms with E-state index >= 15 is 0 Å². The first-order chi connectivity index (χ1) is 11.9. The summed E-state index contributed by atoms with van der Waals surface area (Å²) in [5.41, 5.74) is 3.06. The molecular weight excluding hydrogens is 357 g/mol. The predicted molar refractivity (Wildman–Crippen MR) is 82.2 cm³/mol. The Morgan fingerprint density at radius 2 is 2.20 bits per heavy atom. The quantitative estimate of drug-likeness (QED) is 0.694. The van der Waals surface area contributed by atoms with Crippen molar-refractivity contribution in [3.63, 3.8) is 0 Å². The molecule has 1 aromatic carbocycles. The summed E-state index contributed by atoms with van der Waals surface area (Å²) in [6.07, 6.45) is -4.17. The van der Waals surface area contributed by atoms with Gasteiger partial charge in [0.15, 0.2) is 5.82 Å². The van der Waals surface area contributed by atoms with Gasteiger partial charge in [-0.05, 0) is 24.6 Å². The molecule has 3 aromatic rings. The molecule has 1 atom stereocenters. The van der Waals surface area contributed by atoms with Gasteiger partial charge in [-0.25, -0.2) is 4.98 Å². The molecule has 2 aromatic heterocycles. The Balaban J connectivity index is 1.49. The van der Waals surface area contributed by atoms with E-state index in [2.05, 4.69) is 19.6 Å². The van der Waals surface area contributed by atoms with Gasteiger partial charge in [0.1, 0.15) is 0 Å². The van der Waals surface area contributed by atoms with Crippen LogP contribution in [0.2, 0.25) is 0 Å². The second kappa shape index (κ2) is 5.80. The van der Waals surface area contributed by atoms with Crippen LogP contribution in [-0.2, 0) is 6.18 Å². The van der Waals surface area contributed by atoms with Crippen LogP contribution < -0.4 is 0 Å². The monoisotopic (exact) mass is 368 g/mol. The van der Waals surface area contributed by atoms with Crippen molar-refractivity contribution in [2.45, 2.75) is 18.5 Å². The molecule has 1 fully saturated rings. The fourth-order valence-electron chi connectivity index (χ4n) is 2.84. The summed E-state index contributed by atoms with van der Waals surface area (Å²) in [6.45, 7) is 0.691. The minimum atomic E-state index is -4.66. The normalized spacial score (nSPS) is 18.2. The third-order valence-corrected chi connectivity index (χ3v) is 4.89. The highest BCUT2D eigenvalue weighted by Crippen LogP contribution is 2.31. The van der Waals surface area contributed by atoms with Crippen molar-refractivity contribution in [1.29, 1.82) is 0 Å². The highest BCUT2D eigenvalue weighted by atomic mass is 32.1. The average Bonchev–Trinajstić information content (AvgIpc) is 3.30. The number of rotatable bonds is 2. The first-order valence-electron chi connectivity index (χ1n) is 7.45. The fourth-order valence-corrected chi connectivity index (χ4v) is 3.56. The smallest absolute Gasteiger partial charge is 0.338 e. The van der Waals surface area contributed by atoms with E-state index in [1.54, 1.807) is 28.6 Å². The number of fused-ring (bicyclic) bond motifs is 1. The summed E-state index contributed by atoms with van der Waals surface area (Å²) >= 11 is 1.44. The zero-order valence-electron chi connectivity index (χ0n) is 12.7. The van der Waals surface area contributed by atoms with Gasteiger partial charge in [0.2, 0.25) is 0 Å². The van der Waals surface area contributed by atoms with Gasteiger partial charge in [-0.1, -0.05) is 5.16 Å². The molecule has 6 nitrogen and oxygen atoms in total. The molecule has 0 aliphatic carbocycles. The Hall–Kier alpha value is -2.49. The Labute approximate surface area is 143 Å². The molecule has 1 aliphatic rings. The van der Waals surface area contributed by atoms with Crippen LogP contribution in [0.1, 0.15) is 34.4 Å². The van der Waals surface area contributed by atoms with Crippen molar-refractivity contribution < 1.29 is 22.5 Å². The summed E-state index contributed by atoms with van der Waals surface area (Å²) in [5.74, 6) is -1.91. The molecule has 10 heteroatoms. The number of hydrogen-bond acceptors (Lipinski definition) is 6. The van der Waals surface area contributed by atoms with E-state index in [-0.39, 0.29) is 24.2 Å². The maximum Gasteiger partial charge on any atom is 0.471 e. The number of carbonyl (C=O) groups excluding carboxylic acids is 1. The van der Waals surface area contributed by atoms with Crippen LogP contribution in [0, 0.1) is 0 Å². The number of carbonyl (C=O) groups is 1. The summed E-state index contributed by atoms with van der Waals surface area (Å²) < 4.78 is 42.8. The van der Waals surface area contributed by atoms with E-state index in [1.165, 1.54) is 11.3 Å². The molecule has 0 bridgehead atoms. The van der Waals surface area contributed by atoms with E-state index in [9.17, 15) is 18.0 Å². The van der Waals surface area contributed by atoms with Gasteiger partial charge >= 0.3 is 12.1 Å². The minimum Gasteiger partial charge on any atom is -0.338 e. The van der Waals surface area contributed by atoms with Crippen molar-refractivity contribution in [2.75, 3.05) is 13.1 Å². The van der Waals surface area contributed by atoms with Crippen molar-refractivity contribution in [2.24, 2.45) is 0 Å². The molecule has 0 radical (unpaired) electrons. The van der Waals surface area contributed by atoms with Crippen LogP contribution in [0.3, 0.4) is 0 Å². The largest absolute Gasteiger partial charge is 0.471 e. The van der Waals surface area contributed by atoms with Crippen molar-refractivity contribution in [1.82, 2.24) is 20.0 Å². The van der Waals surface area contributed by atoms with Crippen molar-refractivity contribution in [3.05, 3.63) is 41.0 Å². The molecule has 0 saturated carbocycles. The second-order valence-corrected chi connectivity index (χ2v) is 6.61. The van der Waals surface area contributed by atoms with Gasteiger partial charge in [-0.3, -0.25) is 4.79 Å². The fraction of sp³-hybridized carbons (Fsp3) is 0.333. The first-order valence-corrected chi connectivity index (χ1v) is 8.33. The van der Waals surface area contributed by atoms with Gasteiger partial charge in [0, 0.05) is 24.6 Å². The molecule has 4 rings (SSSR count). The molecular formula is C15H11F3N4O2S. The van der Waals surface area contributed by atoms with Gasteiger partial charge in [0.05, 0.1) is 15.7 Å². The second-order valence-electron chi connectivity index (χ2n) is 5.73. The number of hydrogen-bond donors (Lipinski definition) is 0. The number of alkyl halides is 3. The molecule has 1 amide bonds. The molecule has 0 unspecified atom stereocenters. The number of benzene rings is 1. The van der Waals surface area contributed by atoms with Crippen LogP contribution in [0.25, 0.3) is 10.2 Å². The average molecular weight is 368 g/mol. The summed E-state index contributed by atoms with van der Waals surface area (Å²) in [6, 6.07) is 5.26. The van der Waals surface area contributed by atoms with Crippen molar-refractivity contribution >= 4 is 27.5 Å². The number of aromatic nitrogens is 3. The number of amides is 1. The lowest BCUT2D eigenvalue weighted by Crippen LogP contribution is -2.28. The van der Waals surface area contributed by atoms with Gasteiger partial charge in [0.25, 0.3) is 5.91 Å². The maximum atomic E-state index is 12.6. The maximum absolute atomic E-state index is 12.6. The lowest BCUT2D eigenvalue weighted by molar-refractivity contribution is -0.159. The number of halogens is 3. The van der Waals surface area contributed by atoms with E-state index in [0.29, 0.717) is 18.5 Å². The summed E-state index contributed by atoms with van der Waals surface area (Å²) in [5, 5.41) is 3.41. The molecule has 25 heavy (non-hydrogen) atoms. The Kier molecular flexibility index (Phi) is 3.71. The highest BCUT2D eigenvalue weighted by molar-refractivity contribution is 7.16. The predicted octanol–water partition coefficient (Wildman–Crippen LogP) is 3.33. The van der Waals surface area contributed by atoms with E-state index in [0.717, 1.165) is 10.2 Å². The van der Waals surface area contributed by atoms with E-state index in [1.807, 2.05) is 0 Å². The summed E-state index contributed by atoms with van der Waals surface area (Å²) in [7, 11) is 0. The number of thiazole rings is 1. The van der Waals surface area contributed by atoms with Crippen molar-refractivity contribution in [3.8, 4) is 0 Å². The Morgan fingerprint density at radius 3 is 2.96 bits per heavy atom. The molecule has 3 heterocycles.